The third-order valence-electron chi connectivity index (χ3n) is 3.31. The minimum Gasteiger partial charge on any atom is -0.495 e. The molecule has 7 heteroatoms. The van der Waals surface area contributed by atoms with Crippen LogP contribution >= 0.6 is 0 Å². The molecule has 2 rings (SSSR count). The molecule has 0 atom stereocenters. The standard InChI is InChI=1S/C16H18N2O4S/c1-10-8-11(2)15(14(9-10)22-3)23(20,21)18-13-7-5-4-6-12(13)16(17)19/h4-9,18H,1-3H3,(H2,17,19). The number of anilines is 1. The molecule has 0 aliphatic carbocycles. The van der Waals surface area contributed by atoms with Crippen molar-refractivity contribution in [1.29, 1.82) is 0 Å². The molecule has 0 heterocycles. The number of nitrogens with two attached hydrogens (primary N) is 1. The minimum atomic E-state index is -3.94. The van der Waals surface area contributed by atoms with E-state index in [1.807, 2.05) is 6.92 Å². The van der Waals surface area contributed by atoms with Crippen LogP contribution in [0, 0.1) is 13.8 Å². The number of benzene rings is 2. The van der Waals surface area contributed by atoms with Crippen LogP contribution in [-0.2, 0) is 10.0 Å². The highest BCUT2D eigenvalue weighted by molar-refractivity contribution is 7.92. The molecule has 23 heavy (non-hydrogen) atoms. The lowest BCUT2D eigenvalue weighted by atomic mass is 10.1. The summed E-state index contributed by atoms with van der Waals surface area (Å²) in [5.74, 6) is -0.470. The highest BCUT2D eigenvalue weighted by atomic mass is 32.2. The Morgan fingerprint density at radius 3 is 2.43 bits per heavy atom. The fourth-order valence-corrected chi connectivity index (χ4v) is 3.85. The van der Waals surface area contributed by atoms with Crippen molar-refractivity contribution >= 4 is 21.6 Å². The van der Waals surface area contributed by atoms with E-state index in [2.05, 4.69) is 4.72 Å². The minimum absolute atomic E-state index is 0.0323. The molecular formula is C16H18N2O4S. The van der Waals surface area contributed by atoms with E-state index in [0.29, 0.717) is 5.56 Å². The van der Waals surface area contributed by atoms with Crippen molar-refractivity contribution in [3.8, 4) is 5.75 Å². The first kappa shape index (κ1) is 16.8. The molecule has 122 valence electrons. The lowest BCUT2D eigenvalue weighted by Crippen LogP contribution is -2.19. The number of hydrogen-bond donors (Lipinski definition) is 2. The van der Waals surface area contributed by atoms with Gasteiger partial charge in [0, 0.05) is 0 Å². The summed E-state index contributed by atoms with van der Waals surface area (Å²) >= 11 is 0. The van der Waals surface area contributed by atoms with Gasteiger partial charge in [-0.05, 0) is 43.2 Å². The summed E-state index contributed by atoms with van der Waals surface area (Å²) < 4.78 is 33.1. The number of carbonyl (C=O) groups excluding carboxylic acids is 1. The Morgan fingerprint density at radius 1 is 1.17 bits per heavy atom. The predicted molar refractivity (Wildman–Crippen MR) is 88.2 cm³/mol. The van der Waals surface area contributed by atoms with Crippen molar-refractivity contribution in [2.45, 2.75) is 18.7 Å². The summed E-state index contributed by atoms with van der Waals surface area (Å²) in [6, 6.07) is 9.55. The van der Waals surface area contributed by atoms with Gasteiger partial charge in [0.1, 0.15) is 10.6 Å². The van der Waals surface area contributed by atoms with Crippen molar-refractivity contribution in [2.75, 3.05) is 11.8 Å². The van der Waals surface area contributed by atoms with E-state index in [1.165, 1.54) is 19.2 Å². The third-order valence-corrected chi connectivity index (χ3v) is 4.86. The second-order valence-corrected chi connectivity index (χ2v) is 6.75. The Bertz CT molecular complexity index is 860. The van der Waals surface area contributed by atoms with E-state index < -0.39 is 15.9 Å². The highest BCUT2D eigenvalue weighted by Gasteiger charge is 2.24. The molecule has 0 aliphatic rings. The molecule has 2 aromatic carbocycles. The molecule has 6 nitrogen and oxygen atoms in total. The molecule has 2 aromatic rings. The molecule has 0 fully saturated rings. The van der Waals surface area contributed by atoms with Crippen LogP contribution in [0.5, 0.6) is 5.75 Å². The highest BCUT2D eigenvalue weighted by Crippen LogP contribution is 2.31. The van der Waals surface area contributed by atoms with Gasteiger partial charge in [-0.1, -0.05) is 18.2 Å². The van der Waals surface area contributed by atoms with Gasteiger partial charge in [0.25, 0.3) is 15.9 Å². The molecule has 1 amide bonds. The zero-order chi connectivity index (χ0) is 17.2. The van der Waals surface area contributed by atoms with Gasteiger partial charge in [-0.3, -0.25) is 9.52 Å². The third kappa shape index (κ3) is 3.45. The predicted octanol–water partition coefficient (Wildman–Crippen LogP) is 2.21. The Balaban J connectivity index is 2.55. The first-order valence-corrected chi connectivity index (χ1v) is 8.31. The Hall–Kier alpha value is -2.54. The summed E-state index contributed by atoms with van der Waals surface area (Å²) in [4.78, 5) is 11.5. The summed E-state index contributed by atoms with van der Waals surface area (Å²) in [7, 11) is -2.53. The van der Waals surface area contributed by atoms with E-state index >= 15 is 0 Å². The average Bonchev–Trinajstić information content (AvgIpc) is 2.45. The van der Waals surface area contributed by atoms with Crippen molar-refractivity contribution in [1.82, 2.24) is 0 Å². The molecule has 0 aromatic heterocycles. The topological polar surface area (TPSA) is 98.5 Å². The van der Waals surface area contributed by atoms with Crippen molar-refractivity contribution in [3.05, 3.63) is 53.1 Å². The number of hydrogen-bond acceptors (Lipinski definition) is 4. The second-order valence-electron chi connectivity index (χ2n) is 5.13. The number of primary amides is 1. The van der Waals surface area contributed by atoms with Crippen LogP contribution in [0.3, 0.4) is 0 Å². The van der Waals surface area contributed by atoms with Crippen molar-refractivity contribution in [3.63, 3.8) is 0 Å². The maximum atomic E-state index is 12.7. The molecule has 0 aliphatic heterocycles. The van der Waals surface area contributed by atoms with Crippen LogP contribution in [0.2, 0.25) is 0 Å². The van der Waals surface area contributed by atoms with Crippen LogP contribution in [0.25, 0.3) is 0 Å². The molecule has 0 saturated heterocycles. The summed E-state index contributed by atoms with van der Waals surface area (Å²) in [6.07, 6.45) is 0. The van der Waals surface area contributed by atoms with Crippen molar-refractivity contribution in [2.24, 2.45) is 5.73 Å². The van der Waals surface area contributed by atoms with Gasteiger partial charge in [0.05, 0.1) is 18.4 Å². The zero-order valence-electron chi connectivity index (χ0n) is 13.1. The van der Waals surface area contributed by atoms with E-state index in [-0.39, 0.29) is 21.9 Å². The number of para-hydroxylation sites is 1. The van der Waals surface area contributed by atoms with Gasteiger partial charge in [-0.25, -0.2) is 8.42 Å². The summed E-state index contributed by atoms with van der Waals surface area (Å²) in [5, 5.41) is 0. The lowest BCUT2D eigenvalue weighted by Gasteiger charge is -2.16. The van der Waals surface area contributed by atoms with Crippen LogP contribution in [-0.4, -0.2) is 21.4 Å². The lowest BCUT2D eigenvalue weighted by molar-refractivity contribution is 0.100. The van der Waals surface area contributed by atoms with Gasteiger partial charge in [0.2, 0.25) is 0 Å². The van der Waals surface area contributed by atoms with Crippen molar-refractivity contribution < 1.29 is 17.9 Å². The number of ether oxygens (including phenoxy) is 1. The molecule has 0 bridgehead atoms. The smallest absolute Gasteiger partial charge is 0.265 e. The van der Waals surface area contributed by atoms with E-state index in [9.17, 15) is 13.2 Å². The molecular weight excluding hydrogens is 316 g/mol. The molecule has 0 radical (unpaired) electrons. The first-order valence-electron chi connectivity index (χ1n) is 6.83. The quantitative estimate of drug-likeness (QED) is 0.876. The maximum Gasteiger partial charge on any atom is 0.265 e. The van der Waals surface area contributed by atoms with Gasteiger partial charge in [0.15, 0.2) is 0 Å². The van der Waals surface area contributed by atoms with Gasteiger partial charge in [-0.2, -0.15) is 0 Å². The number of nitrogens with one attached hydrogen (secondary N) is 1. The molecule has 0 unspecified atom stereocenters. The monoisotopic (exact) mass is 334 g/mol. The average molecular weight is 334 g/mol. The van der Waals surface area contributed by atoms with Crippen LogP contribution in [0.15, 0.2) is 41.3 Å². The number of methoxy groups -OCH3 is 1. The zero-order valence-corrected chi connectivity index (χ0v) is 13.9. The van der Waals surface area contributed by atoms with E-state index in [1.54, 1.807) is 31.2 Å². The Labute approximate surface area is 135 Å². The number of amides is 1. The second kappa shape index (κ2) is 6.29. The van der Waals surface area contributed by atoms with E-state index in [0.717, 1.165) is 5.56 Å². The van der Waals surface area contributed by atoms with Gasteiger partial charge >= 0.3 is 0 Å². The molecule has 0 spiro atoms. The van der Waals surface area contributed by atoms with Crippen LogP contribution < -0.4 is 15.2 Å². The van der Waals surface area contributed by atoms with Gasteiger partial charge < -0.3 is 10.5 Å². The first-order chi connectivity index (χ1) is 10.8. The number of rotatable bonds is 5. The maximum absolute atomic E-state index is 12.7. The summed E-state index contributed by atoms with van der Waals surface area (Å²) in [5.41, 5.74) is 6.94. The number of aryl methyl sites for hydroxylation is 2. The van der Waals surface area contributed by atoms with Crippen LogP contribution in [0.4, 0.5) is 5.69 Å². The van der Waals surface area contributed by atoms with Gasteiger partial charge in [-0.15, -0.1) is 0 Å². The fourth-order valence-electron chi connectivity index (χ4n) is 2.39. The molecule has 0 saturated carbocycles. The number of carbonyl (C=O) groups is 1. The normalized spacial score (nSPS) is 11.1. The van der Waals surface area contributed by atoms with E-state index in [4.69, 9.17) is 10.5 Å². The SMILES string of the molecule is COc1cc(C)cc(C)c1S(=O)(=O)Nc1ccccc1C(N)=O. The largest absolute Gasteiger partial charge is 0.495 e. The molecule has 3 N–H and O–H groups in total. The fraction of sp³-hybridized carbons (Fsp3) is 0.188. The Kier molecular flexibility index (Phi) is 4.60. The summed E-state index contributed by atoms with van der Waals surface area (Å²) in [6.45, 7) is 3.53. The Morgan fingerprint density at radius 2 is 1.83 bits per heavy atom. The van der Waals surface area contributed by atoms with Crippen LogP contribution in [0.1, 0.15) is 21.5 Å². The number of sulfonamides is 1.